The summed E-state index contributed by atoms with van der Waals surface area (Å²) in [5.74, 6) is 1.61. The lowest BCUT2D eigenvalue weighted by Gasteiger charge is -2.32. The minimum absolute atomic E-state index is 0.0881. The smallest absolute Gasteiger partial charge is 0.239 e. The predicted octanol–water partition coefficient (Wildman–Crippen LogP) is 2.90. The number of rotatable bonds is 10. The van der Waals surface area contributed by atoms with Crippen LogP contribution in [0.5, 0.6) is 0 Å². The van der Waals surface area contributed by atoms with Crippen molar-refractivity contribution in [2.24, 2.45) is 0 Å². The van der Waals surface area contributed by atoms with Gasteiger partial charge in [0.2, 0.25) is 5.91 Å². The highest BCUT2D eigenvalue weighted by Crippen LogP contribution is 2.13. The largest absolute Gasteiger partial charge is 0.341 e. The summed E-state index contributed by atoms with van der Waals surface area (Å²) in [6, 6.07) is 0.0881. The third-order valence-corrected chi connectivity index (χ3v) is 4.39. The van der Waals surface area contributed by atoms with Crippen LogP contribution in [0.15, 0.2) is 0 Å². The van der Waals surface area contributed by atoms with Gasteiger partial charge in [-0.15, -0.1) is 0 Å². The molecule has 1 fully saturated rings. The number of nitrogens with one attached hydrogen (secondary N) is 1. The van der Waals surface area contributed by atoms with Crippen LogP contribution in [0.4, 0.5) is 0 Å². The second kappa shape index (κ2) is 10.6. The second-order valence-electron chi connectivity index (χ2n) is 5.38. The topological polar surface area (TPSA) is 32.3 Å². The number of hydrogen-bond acceptors (Lipinski definition) is 3. The molecule has 1 atom stereocenters. The highest BCUT2D eigenvalue weighted by molar-refractivity contribution is 7.98. The third-order valence-electron chi connectivity index (χ3n) is 3.70. The number of thioether (sulfide) groups is 1. The Balaban J connectivity index is 2.16. The number of piperidine rings is 1. The summed E-state index contributed by atoms with van der Waals surface area (Å²) in [4.78, 5) is 14.3. The molecule has 1 N–H and O–H groups in total. The summed E-state index contributed by atoms with van der Waals surface area (Å²) in [5.41, 5.74) is 0. The molecule has 3 nitrogen and oxygen atoms in total. The molecule has 1 amide bonds. The van der Waals surface area contributed by atoms with Gasteiger partial charge in [-0.25, -0.2) is 0 Å². The molecule has 19 heavy (non-hydrogen) atoms. The lowest BCUT2D eigenvalue weighted by molar-refractivity contribution is -0.136. The van der Waals surface area contributed by atoms with E-state index in [4.69, 9.17) is 0 Å². The van der Waals surface area contributed by atoms with Crippen LogP contribution in [0.3, 0.4) is 0 Å². The molecule has 0 bridgehead atoms. The van der Waals surface area contributed by atoms with Crippen molar-refractivity contribution in [3.05, 3.63) is 0 Å². The SMILES string of the molecule is CCCNC1CCCN(CCCCCCSC)C1=O. The number of unbranched alkanes of at least 4 members (excludes halogenated alkanes) is 3. The molecule has 0 aliphatic carbocycles. The Kier molecular flexibility index (Phi) is 9.35. The highest BCUT2D eigenvalue weighted by Gasteiger charge is 2.27. The standard InChI is InChI=1S/C15H30N2OS/c1-3-10-16-14-9-8-12-17(15(14)18)11-6-4-5-7-13-19-2/h14,16H,3-13H2,1-2H3. The van der Waals surface area contributed by atoms with E-state index in [0.29, 0.717) is 5.91 Å². The van der Waals surface area contributed by atoms with Gasteiger partial charge in [-0.2, -0.15) is 11.8 Å². The van der Waals surface area contributed by atoms with E-state index in [1.165, 1.54) is 31.4 Å². The molecule has 4 heteroatoms. The predicted molar refractivity (Wildman–Crippen MR) is 84.7 cm³/mol. The molecular formula is C15H30N2OS. The molecule has 1 saturated heterocycles. The Morgan fingerprint density at radius 2 is 2.11 bits per heavy atom. The molecule has 0 aromatic rings. The maximum absolute atomic E-state index is 12.3. The van der Waals surface area contributed by atoms with Crippen molar-refractivity contribution < 1.29 is 4.79 Å². The van der Waals surface area contributed by atoms with Crippen molar-refractivity contribution >= 4 is 17.7 Å². The fourth-order valence-corrected chi connectivity index (χ4v) is 3.07. The zero-order valence-corrected chi connectivity index (χ0v) is 13.4. The zero-order valence-electron chi connectivity index (χ0n) is 12.6. The van der Waals surface area contributed by atoms with Gasteiger partial charge in [0.1, 0.15) is 0 Å². The maximum Gasteiger partial charge on any atom is 0.239 e. The fraction of sp³-hybridized carbons (Fsp3) is 0.933. The fourth-order valence-electron chi connectivity index (χ4n) is 2.57. The molecule has 0 aromatic heterocycles. The summed E-state index contributed by atoms with van der Waals surface area (Å²) in [6.45, 7) is 5.03. The van der Waals surface area contributed by atoms with Gasteiger partial charge in [0.15, 0.2) is 0 Å². The molecule has 1 heterocycles. The molecule has 0 radical (unpaired) electrons. The van der Waals surface area contributed by atoms with Gasteiger partial charge >= 0.3 is 0 Å². The average Bonchev–Trinajstić information content (AvgIpc) is 2.43. The van der Waals surface area contributed by atoms with E-state index in [1.807, 2.05) is 11.8 Å². The van der Waals surface area contributed by atoms with Crippen molar-refractivity contribution in [1.29, 1.82) is 0 Å². The third kappa shape index (κ3) is 6.66. The normalized spacial score (nSPS) is 20.0. The molecule has 0 spiro atoms. The Morgan fingerprint density at radius 1 is 1.32 bits per heavy atom. The van der Waals surface area contributed by atoms with Crippen molar-refractivity contribution in [2.45, 2.75) is 57.9 Å². The summed E-state index contributed by atoms with van der Waals surface area (Å²) in [7, 11) is 0. The van der Waals surface area contributed by atoms with E-state index in [-0.39, 0.29) is 6.04 Å². The van der Waals surface area contributed by atoms with Crippen molar-refractivity contribution in [1.82, 2.24) is 10.2 Å². The van der Waals surface area contributed by atoms with E-state index in [0.717, 1.165) is 38.9 Å². The van der Waals surface area contributed by atoms with Gasteiger partial charge in [0.05, 0.1) is 6.04 Å². The van der Waals surface area contributed by atoms with Crippen molar-refractivity contribution in [3.8, 4) is 0 Å². The first-order chi connectivity index (χ1) is 9.29. The second-order valence-corrected chi connectivity index (χ2v) is 6.37. The van der Waals surface area contributed by atoms with Crippen molar-refractivity contribution in [2.75, 3.05) is 31.6 Å². The van der Waals surface area contributed by atoms with Crippen LogP contribution in [0.2, 0.25) is 0 Å². The molecule has 1 aliphatic rings. The van der Waals surface area contributed by atoms with E-state index in [2.05, 4.69) is 23.4 Å². The first-order valence-electron chi connectivity index (χ1n) is 7.80. The molecule has 1 aliphatic heterocycles. The van der Waals surface area contributed by atoms with E-state index >= 15 is 0 Å². The lowest BCUT2D eigenvalue weighted by atomic mass is 10.0. The van der Waals surface area contributed by atoms with Crippen LogP contribution in [-0.4, -0.2) is 48.5 Å². The van der Waals surface area contributed by atoms with Crippen LogP contribution in [0, 0.1) is 0 Å². The Hall–Kier alpha value is -0.220. The first-order valence-corrected chi connectivity index (χ1v) is 9.20. The number of carbonyl (C=O) groups excluding carboxylic acids is 1. The number of likely N-dealkylation sites (tertiary alicyclic amines) is 1. The van der Waals surface area contributed by atoms with E-state index in [9.17, 15) is 4.79 Å². The van der Waals surface area contributed by atoms with E-state index < -0.39 is 0 Å². The Morgan fingerprint density at radius 3 is 2.84 bits per heavy atom. The molecule has 1 unspecified atom stereocenters. The number of amides is 1. The number of nitrogens with zero attached hydrogens (tertiary/aromatic N) is 1. The van der Waals surface area contributed by atoms with Crippen LogP contribution in [0.1, 0.15) is 51.9 Å². The molecule has 0 saturated carbocycles. The summed E-state index contributed by atoms with van der Waals surface area (Å²) >= 11 is 1.92. The zero-order chi connectivity index (χ0) is 13.9. The molecular weight excluding hydrogens is 256 g/mol. The summed E-state index contributed by atoms with van der Waals surface area (Å²) in [5, 5.41) is 3.38. The number of carbonyl (C=O) groups is 1. The minimum Gasteiger partial charge on any atom is -0.341 e. The Bertz CT molecular complexity index is 248. The Labute approximate surface area is 122 Å². The van der Waals surface area contributed by atoms with Crippen LogP contribution >= 0.6 is 11.8 Å². The quantitative estimate of drug-likeness (QED) is 0.627. The van der Waals surface area contributed by atoms with E-state index in [1.54, 1.807) is 0 Å². The molecule has 0 aromatic carbocycles. The minimum atomic E-state index is 0.0881. The maximum atomic E-state index is 12.3. The monoisotopic (exact) mass is 286 g/mol. The lowest BCUT2D eigenvalue weighted by Crippen LogP contribution is -2.51. The van der Waals surface area contributed by atoms with Gasteiger partial charge in [0.25, 0.3) is 0 Å². The van der Waals surface area contributed by atoms with Crippen LogP contribution in [-0.2, 0) is 4.79 Å². The summed E-state index contributed by atoms with van der Waals surface area (Å²) in [6.07, 6.45) is 10.5. The van der Waals surface area contributed by atoms with Crippen LogP contribution in [0.25, 0.3) is 0 Å². The first kappa shape index (κ1) is 16.8. The number of hydrogen-bond donors (Lipinski definition) is 1. The van der Waals surface area contributed by atoms with Crippen LogP contribution < -0.4 is 5.32 Å². The molecule has 1 rings (SSSR count). The molecule has 112 valence electrons. The highest BCUT2D eigenvalue weighted by atomic mass is 32.2. The van der Waals surface area contributed by atoms with Gasteiger partial charge in [-0.3, -0.25) is 4.79 Å². The van der Waals surface area contributed by atoms with Gasteiger partial charge in [0, 0.05) is 13.1 Å². The van der Waals surface area contributed by atoms with Gasteiger partial charge in [-0.1, -0.05) is 19.8 Å². The van der Waals surface area contributed by atoms with Crippen molar-refractivity contribution in [3.63, 3.8) is 0 Å². The summed E-state index contributed by atoms with van der Waals surface area (Å²) < 4.78 is 0. The average molecular weight is 286 g/mol. The van der Waals surface area contributed by atoms with Gasteiger partial charge < -0.3 is 10.2 Å². The van der Waals surface area contributed by atoms with Gasteiger partial charge in [-0.05, 0) is 50.7 Å².